The van der Waals surface area contributed by atoms with Gasteiger partial charge < -0.3 is 14.2 Å². The maximum atomic E-state index is 12.7. The van der Waals surface area contributed by atoms with Crippen LogP contribution in [0.25, 0.3) is 11.5 Å². The van der Waals surface area contributed by atoms with Gasteiger partial charge in [-0.3, -0.25) is 9.78 Å². The van der Waals surface area contributed by atoms with Gasteiger partial charge in [-0.1, -0.05) is 5.16 Å². The molecule has 0 atom stereocenters. The highest BCUT2D eigenvalue weighted by Gasteiger charge is 2.41. The first-order valence-corrected chi connectivity index (χ1v) is 10.2. The summed E-state index contributed by atoms with van der Waals surface area (Å²) in [6.45, 7) is 1.93. The molecule has 0 N–H and O–H groups in total. The maximum absolute atomic E-state index is 12.7. The fourth-order valence-corrected chi connectivity index (χ4v) is 4.26. The minimum absolute atomic E-state index is 0.0887. The topological polar surface area (TPSA) is 81.3 Å². The summed E-state index contributed by atoms with van der Waals surface area (Å²) in [5.41, 5.74) is 1.30. The molecular weight excluding hydrogens is 376 g/mol. The molecule has 1 aliphatic heterocycles. The highest BCUT2D eigenvalue weighted by Crippen LogP contribution is 2.38. The number of ether oxygens (including phenoxy) is 1. The molecule has 8 heteroatoms. The Balaban J connectivity index is 1.54. The van der Waals surface area contributed by atoms with Gasteiger partial charge in [-0.25, -0.2) is 0 Å². The van der Waals surface area contributed by atoms with E-state index in [1.807, 2.05) is 33.9 Å². The molecule has 1 amide bonds. The standard InChI is InChI=1S/C20H22N4O3S/c1-26-11-7-20(19-22-17(27-23-19)15-3-2-8-21-13-15)5-9-24(10-6-20)18(25)16-4-12-28-14-16/h2-4,8,12-14H,5-7,9-11H2,1H3. The van der Waals surface area contributed by atoms with Gasteiger partial charge in [0.15, 0.2) is 5.82 Å². The number of hydrogen-bond acceptors (Lipinski definition) is 7. The van der Waals surface area contributed by atoms with Gasteiger partial charge in [-0.15, -0.1) is 0 Å². The van der Waals surface area contributed by atoms with Crippen LogP contribution in [0, 0.1) is 0 Å². The average Bonchev–Trinajstić information content (AvgIpc) is 3.45. The molecule has 3 aromatic heterocycles. The van der Waals surface area contributed by atoms with E-state index in [0.29, 0.717) is 31.4 Å². The van der Waals surface area contributed by atoms with Crippen molar-refractivity contribution in [1.29, 1.82) is 0 Å². The Bertz CT molecular complexity index is 903. The second-order valence-electron chi connectivity index (χ2n) is 6.99. The van der Waals surface area contributed by atoms with Crippen LogP contribution in [0.5, 0.6) is 0 Å². The van der Waals surface area contributed by atoms with Crippen LogP contribution in [0.4, 0.5) is 0 Å². The normalized spacial score (nSPS) is 16.2. The van der Waals surface area contributed by atoms with Gasteiger partial charge in [0, 0.05) is 50.0 Å². The number of amides is 1. The first-order chi connectivity index (χ1) is 13.7. The van der Waals surface area contributed by atoms with E-state index in [-0.39, 0.29) is 11.3 Å². The summed E-state index contributed by atoms with van der Waals surface area (Å²) < 4.78 is 10.9. The summed E-state index contributed by atoms with van der Waals surface area (Å²) >= 11 is 1.54. The first-order valence-electron chi connectivity index (χ1n) is 9.27. The van der Waals surface area contributed by atoms with Crippen molar-refractivity contribution in [2.45, 2.75) is 24.7 Å². The minimum Gasteiger partial charge on any atom is -0.385 e. The molecule has 3 aromatic rings. The molecule has 4 heterocycles. The fraction of sp³-hybridized carbons (Fsp3) is 0.400. The SMILES string of the molecule is COCCC1(c2noc(-c3cccnc3)n2)CCN(C(=O)c2ccsc2)CC1. The zero-order chi connectivity index (χ0) is 19.4. The van der Waals surface area contributed by atoms with E-state index < -0.39 is 0 Å². The van der Waals surface area contributed by atoms with Crippen LogP contribution in [-0.4, -0.2) is 52.7 Å². The number of piperidine rings is 1. The number of rotatable bonds is 6. The second kappa shape index (κ2) is 8.20. The lowest BCUT2D eigenvalue weighted by Gasteiger charge is -2.39. The molecule has 0 radical (unpaired) electrons. The van der Waals surface area contributed by atoms with Gasteiger partial charge >= 0.3 is 0 Å². The van der Waals surface area contributed by atoms with Gasteiger partial charge in [0.25, 0.3) is 11.8 Å². The van der Waals surface area contributed by atoms with Crippen molar-refractivity contribution in [3.8, 4) is 11.5 Å². The van der Waals surface area contributed by atoms with Crippen molar-refractivity contribution in [2.75, 3.05) is 26.8 Å². The molecule has 146 valence electrons. The number of thiophene rings is 1. The van der Waals surface area contributed by atoms with E-state index in [9.17, 15) is 4.79 Å². The van der Waals surface area contributed by atoms with E-state index in [1.165, 1.54) is 11.3 Å². The average molecular weight is 398 g/mol. The van der Waals surface area contributed by atoms with Crippen LogP contribution in [0.1, 0.15) is 35.4 Å². The number of carbonyl (C=O) groups excluding carboxylic acids is 1. The Hall–Kier alpha value is -2.58. The fourth-order valence-electron chi connectivity index (χ4n) is 3.63. The molecule has 1 aliphatic rings. The van der Waals surface area contributed by atoms with Crippen LogP contribution in [-0.2, 0) is 10.2 Å². The first kappa shape index (κ1) is 18.8. The van der Waals surface area contributed by atoms with Crippen molar-refractivity contribution in [3.05, 3.63) is 52.7 Å². The van der Waals surface area contributed by atoms with Gasteiger partial charge in [-0.2, -0.15) is 16.3 Å². The van der Waals surface area contributed by atoms with Gasteiger partial charge in [0.2, 0.25) is 0 Å². The van der Waals surface area contributed by atoms with E-state index in [4.69, 9.17) is 9.26 Å². The lowest BCUT2D eigenvalue weighted by Crippen LogP contribution is -2.46. The number of hydrogen-bond donors (Lipinski definition) is 0. The van der Waals surface area contributed by atoms with Crippen LogP contribution in [0.2, 0.25) is 0 Å². The molecule has 0 spiro atoms. The second-order valence-corrected chi connectivity index (χ2v) is 7.77. The number of carbonyl (C=O) groups is 1. The highest BCUT2D eigenvalue weighted by molar-refractivity contribution is 7.08. The molecule has 28 heavy (non-hydrogen) atoms. The predicted molar refractivity (Wildman–Crippen MR) is 105 cm³/mol. The third-order valence-electron chi connectivity index (χ3n) is 5.37. The molecule has 0 saturated carbocycles. The number of nitrogens with zero attached hydrogens (tertiary/aromatic N) is 4. The summed E-state index contributed by atoms with van der Waals surface area (Å²) in [5, 5.41) is 8.12. The lowest BCUT2D eigenvalue weighted by molar-refractivity contribution is 0.0616. The summed E-state index contributed by atoms with van der Waals surface area (Å²) in [6, 6.07) is 5.61. The van der Waals surface area contributed by atoms with Crippen molar-refractivity contribution >= 4 is 17.2 Å². The lowest BCUT2D eigenvalue weighted by atomic mass is 9.75. The Morgan fingerprint density at radius 1 is 1.36 bits per heavy atom. The van der Waals surface area contributed by atoms with Crippen molar-refractivity contribution in [3.63, 3.8) is 0 Å². The zero-order valence-electron chi connectivity index (χ0n) is 15.7. The smallest absolute Gasteiger partial charge is 0.259 e. The minimum atomic E-state index is -0.259. The van der Waals surface area contributed by atoms with Gasteiger partial charge in [-0.05, 0) is 42.8 Å². The van der Waals surface area contributed by atoms with Crippen LogP contribution >= 0.6 is 11.3 Å². The van der Waals surface area contributed by atoms with E-state index >= 15 is 0 Å². The largest absolute Gasteiger partial charge is 0.385 e. The molecule has 4 rings (SSSR count). The summed E-state index contributed by atoms with van der Waals surface area (Å²) in [5.74, 6) is 1.24. The van der Waals surface area contributed by atoms with Gasteiger partial charge in [0.05, 0.1) is 11.1 Å². The van der Waals surface area contributed by atoms with E-state index in [2.05, 4.69) is 15.1 Å². The molecule has 1 saturated heterocycles. The third-order valence-corrected chi connectivity index (χ3v) is 6.05. The Morgan fingerprint density at radius 3 is 2.89 bits per heavy atom. The number of pyridine rings is 1. The molecule has 0 bridgehead atoms. The summed E-state index contributed by atoms with van der Waals surface area (Å²) in [6.07, 6.45) is 5.76. The maximum Gasteiger partial charge on any atom is 0.259 e. The molecule has 0 aliphatic carbocycles. The molecule has 7 nitrogen and oxygen atoms in total. The number of methoxy groups -OCH3 is 1. The van der Waals surface area contributed by atoms with Crippen molar-refractivity contribution < 1.29 is 14.1 Å². The number of likely N-dealkylation sites (tertiary alicyclic amines) is 1. The summed E-state index contributed by atoms with van der Waals surface area (Å²) in [7, 11) is 1.69. The monoisotopic (exact) mass is 398 g/mol. The van der Waals surface area contributed by atoms with Gasteiger partial charge in [0.1, 0.15) is 0 Å². The number of aromatic nitrogens is 3. The highest BCUT2D eigenvalue weighted by atomic mass is 32.1. The third kappa shape index (κ3) is 3.70. The molecule has 0 unspecified atom stereocenters. The quantitative estimate of drug-likeness (QED) is 0.633. The summed E-state index contributed by atoms with van der Waals surface area (Å²) in [4.78, 5) is 23.4. The Kier molecular flexibility index (Phi) is 5.50. The van der Waals surface area contributed by atoms with Crippen LogP contribution in [0.3, 0.4) is 0 Å². The Labute approximate surface area is 167 Å². The van der Waals surface area contributed by atoms with Crippen LogP contribution in [0.15, 0.2) is 45.9 Å². The van der Waals surface area contributed by atoms with Crippen molar-refractivity contribution in [1.82, 2.24) is 20.0 Å². The van der Waals surface area contributed by atoms with Crippen LogP contribution < -0.4 is 0 Å². The Morgan fingerprint density at radius 2 is 2.21 bits per heavy atom. The van der Waals surface area contributed by atoms with E-state index in [0.717, 1.165) is 30.4 Å². The zero-order valence-corrected chi connectivity index (χ0v) is 16.5. The van der Waals surface area contributed by atoms with E-state index in [1.54, 1.807) is 19.5 Å². The molecule has 1 fully saturated rings. The predicted octanol–water partition coefficient (Wildman–Crippen LogP) is 3.40. The molecule has 0 aromatic carbocycles. The molecular formula is C20H22N4O3S. The van der Waals surface area contributed by atoms with Crippen molar-refractivity contribution in [2.24, 2.45) is 0 Å².